The Morgan fingerprint density at radius 2 is 1.76 bits per heavy atom. The van der Waals surface area contributed by atoms with Gasteiger partial charge in [-0.15, -0.1) is 0 Å². The van der Waals surface area contributed by atoms with Crippen LogP contribution in [0.2, 0.25) is 0 Å². The molecular weight excluding hydrogens is 511 g/mol. The summed E-state index contributed by atoms with van der Waals surface area (Å²) in [4.78, 5) is 49.9. The molecule has 1 aromatic carbocycles. The number of unbranched alkanes of at least 4 members (excludes halogenated alkanes) is 3. The molecule has 0 radical (unpaired) electrons. The number of halogens is 1. The minimum absolute atomic E-state index is 0.00614. The topological polar surface area (TPSA) is 118 Å². The van der Waals surface area contributed by atoms with Crippen molar-refractivity contribution < 1.29 is 27.6 Å². The van der Waals surface area contributed by atoms with Crippen LogP contribution in [0.4, 0.5) is 0 Å². The maximum absolute atomic E-state index is 13.0. The second-order valence-electron chi connectivity index (χ2n) is 7.05. The van der Waals surface area contributed by atoms with E-state index in [1.165, 1.54) is 18.2 Å². The van der Waals surface area contributed by atoms with Gasteiger partial charge in [-0.3, -0.25) is 29.4 Å². The van der Waals surface area contributed by atoms with Crippen LogP contribution in [-0.2, 0) is 19.4 Å². The molecule has 0 spiro atoms. The molecule has 1 N–H and O–H groups in total. The highest BCUT2D eigenvalue weighted by molar-refractivity contribution is 14.1. The molecule has 3 rings (SSSR count). The summed E-state index contributed by atoms with van der Waals surface area (Å²) in [7, 11) is -3.76. The largest absolute Gasteiger partial charge is 0.295 e. The normalized spacial score (nSPS) is 19.5. The highest BCUT2D eigenvalue weighted by atomic mass is 127. The molecule has 2 aliphatic rings. The van der Waals surface area contributed by atoms with Gasteiger partial charge in [0.25, 0.3) is 11.8 Å². The van der Waals surface area contributed by atoms with E-state index in [1.54, 1.807) is 0 Å². The maximum Gasteiger partial charge on any atom is 0.263 e. The Labute approximate surface area is 182 Å². The number of hydrogen-bond donors (Lipinski definition) is 1. The molecule has 156 valence electrons. The number of imide groups is 2. The second-order valence-corrected chi connectivity index (χ2v) is 10.2. The van der Waals surface area contributed by atoms with Crippen LogP contribution in [0.1, 0.15) is 59.2 Å². The van der Waals surface area contributed by atoms with Gasteiger partial charge in [0, 0.05) is 6.42 Å². The lowest BCUT2D eigenvalue weighted by atomic mass is 10.0. The zero-order chi connectivity index (χ0) is 21.2. The summed E-state index contributed by atoms with van der Waals surface area (Å²) >= 11 is 2.27. The fourth-order valence-corrected chi connectivity index (χ4v) is 5.73. The average molecular weight is 532 g/mol. The molecule has 1 unspecified atom stereocenters. The minimum atomic E-state index is -3.76. The summed E-state index contributed by atoms with van der Waals surface area (Å²) in [6.07, 6.45) is 3.23. The molecule has 8 nitrogen and oxygen atoms in total. The summed E-state index contributed by atoms with van der Waals surface area (Å²) in [5.41, 5.74) is -0.194. The van der Waals surface area contributed by atoms with Crippen molar-refractivity contribution in [2.45, 2.75) is 49.5 Å². The third-order valence-corrected chi connectivity index (χ3v) is 7.66. The van der Waals surface area contributed by atoms with E-state index in [0.717, 1.165) is 28.6 Å². The van der Waals surface area contributed by atoms with E-state index < -0.39 is 39.5 Å². The van der Waals surface area contributed by atoms with Crippen LogP contribution in [0.3, 0.4) is 0 Å². The fourth-order valence-electron chi connectivity index (χ4n) is 3.59. The van der Waals surface area contributed by atoms with Crippen molar-refractivity contribution in [1.29, 1.82) is 0 Å². The van der Waals surface area contributed by atoms with Crippen molar-refractivity contribution in [2.24, 2.45) is 0 Å². The van der Waals surface area contributed by atoms with Crippen molar-refractivity contribution in [3.8, 4) is 0 Å². The van der Waals surface area contributed by atoms with E-state index in [4.69, 9.17) is 0 Å². The van der Waals surface area contributed by atoms with Gasteiger partial charge in [0.1, 0.15) is 6.04 Å². The average Bonchev–Trinajstić information content (AvgIpc) is 2.93. The Bertz CT molecular complexity index is 975. The molecule has 0 aromatic heterocycles. The van der Waals surface area contributed by atoms with Crippen LogP contribution >= 0.6 is 22.6 Å². The monoisotopic (exact) mass is 532 g/mol. The number of hydrogen-bond acceptors (Lipinski definition) is 6. The highest BCUT2D eigenvalue weighted by Crippen LogP contribution is 2.32. The summed E-state index contributed by atoms with van der Waals surface area (Å²) in [6, 6.07) is 3.03. The third kappa shape index (κ3) is 4.37. The summed E-state index contributed by atoms with van der Waals surface area (Å²) < 4.78 is 26.7. The number of benzene rings is 1. The zero-order valence-electron chi connectivity index (χ0n) is 15.6. The minimum Gasteiger partial charge on any atom is -0.295 e. The van der Waals surface area contributed by atoms with Crippen molar-refractivity contribution in [2.75, 3.05) is 10.2 Å². The van der Waals surface area contributed by atoms with Gasteiger partial charge in [0.05, 0.1) is 21.8 Å². The van der Waals surface area contributed by atoms with Gasteiger partial charge in [-0.1, -0.05) is 41.5 Å². The zero-order valence-corrected chi connectivity index (χ0v) is 18.6. The number of carbonyl (C=O) groups is 4. The van der Waals surface area contributed by atoms with Gasteiger partial charge in [-0.25, -0.2) is 8.42 Å². The van der Waals surface area contributed by atoms with Crippen LogP contribution in [0.15, 0.2) is 23.1 Å². The van der Waals surface area contributed by atoms with Gasteiger partial charge in [0.2, 0.25) is 11.8 Å². The van der Waals surface area contributed by atoms with Gasteiger partial charge in [-0.05, 0) is 35.8 Å². The van der Waals surface area contributed by atoms with E-state index in [-0.39, 0.29) is 34.6 Å². The lowest BCUT2D eigenvalue weighted by Gasteiger charge is -2.27. The first-order valence-electron chi connectivity index (χ1n) is 9.41. The standard InChI is InChI=1S/C19H21IN2O6S/c20-10-3-1-2-4-11-29(27,28)14-7-5-6-12-16(14)19(26)22(18(12)25)13-8-9-15(23)21-17(13)24/h5-7,13H,1-4,8-11H2,(H,21,23,24). The first-order chi connectivity index (χ1) is 13.8. The summed E-state index contributed by atoms with van der Waals surface area (Å²) in [6.45, 7) is 0. The van der Waals surface area contributed by atoms with E-state index >= 15 is 0 Å². The summed E-state index contributed by atoms with van der Waals surface area (Å²) in [5, 5.41) is 2.12. The molecule has 1 atom stereocenters. The van der Waals surface area contributed by atoms with Crippen molar-refractivity contribution >= 4 is 56.1 Å². The van der Waals surface area contributed by atoms with Gasteiger partial charge < -0.3 is 0 Å². The Hall–Kier alpha value is -1.82. The number of sulfone groups is 1. The number of nitrogens with one attached hydrogen (secondary N) is 1. The highest BCUT2D eigenvalue weighted by Gasteiger charge is 2.46. The van der Waals surface area contributed by atoms with Crippen molar-refractivity contribution in [3.05, 3.63) is 29.3 Å². The van der Waals surface area contributed by atoms with Crippen LogP contribution in [0, 0.1) is 0 Å². The fraction of sp³-hybridized carbons (Fsp3) is 0.474. The molecule has 2 heterocycles. The molecule has 1 aromatic rings. The van der Waals surface area contributed by atoms with Crippen molar-refractivity contribution in [1.82, 2.24) is 10.2 Å². The van der Waals surface area contributed by atoms with Crippen molar-refractivity contribution in [3.63, 3.8) is 0 Å². The number of nitrogens with zero attached hydrogens (tertiary/aromatic N) is 1. The molecule has 0 aliphatic carbocycles. The molecule has 29 heavy (non-hydrogen) atoms. The van der Waals surface area contributed by atoms with E-state index in [1.807, 2.05) is 0 Å². The first-order valence-corrected chi connectivity index (χ1v) is 12.6. The number of carbonyl (C=O) groups excluding carboxylic acids is 4. The molecule has 0 saturated carbocycles. The van der Waals surface area contributed by atoms with Gasteiger partial charge >= 0.3 is 0 Å². The van der Waals surface area contributed by atoms with Crippen LogP contribution in [0.25, 0.3) is 0 Å². The Morgan fingerprint density at radius 1 is 1.03 bits per heavy atom. The first kappa shape index (κ1) is 21.9. The van der Waals surface area contributed by atoms with Crippen LogP contribution in [0.5, 0.6) is 0 Å². The van der Waals surface area contributed by atoms with Gasteiger partial charge in [0.15, 0.2) is 9.84 Å². The van der Waals surface area contributed by atoms with E-state index in [9.17, 15) is 27.6 Å². The lowest BCUT2D eigenvalue weighted by molar-refractivity contribution is -0.136. The molecule has 4 amide bonds. The molecule has 1 fully saturated rings. The quantitative estimate of drug-likeness (QED) is 0.237. The number of amides is 4. The Balaban J connectivity index is 1.86. The van der Waals surface area contributed by atoms with E-state index in [0.29, 0.717) is 6.42 Å². The SMILES string of the molecule is O=C1CCC(N2C(=O)c3cccc(S(=O)(=O)CCCCCCI)c3C2=O)C(=O)N1. The van der Waals surface area contributed by atoms with Crippen LogP contribution in [-0.4, -0.2) is 53.2 Å². The third-order valence-electron chi connectivity index (χ3n) is 5.06. The Morgan fingerprint density at radius 3 is 2.45 bits per heavy atom. The predicted octanol–water partition coefficient (Wildman–Crippen LogP) is 1.86. The number of fused-ring (bicyclic) bond motifs is 1. The summed E-state index contributed by atoms with van der Waals surface area (Å²) in [5.74, 6) is -2.81. The maximum atomic E-state index is 13.0. The smallest absolute Gasteiger partial charge is 0.263 e. The predicted molar refractivity (Wildman–Crippen MR) is 113 cm³/mol. The molecule has 0 bridgehead atoms. The number of alkyl halides is 1. The number of rotatable bonds is 8. The Kier molecular flexibility index (Phi) is 6.72. The molecule has 1 saturated heterocycles. The molecular formula is C19H21IN2O6S. The number of piperidine rings is 1. The molecule has 10 heteroatoms. The van der Waals surface area contributed by atoms with Crippen LogP contribution < -0.4 is 5.32 Å². The second kappa shape index (κ2) is 8.90. The van der Waals surface area contributed by atoms with E-state index in [2.05, 4.69) is 27.9 Å². The lowest BCUT2D eigenvalue weighted by Crippen LogP contribution is -2.54. The van der Waals surface area contributed by atoms with Gasteiger partial charge in [-0.2, -0.15) is 0 Å². The molecule has 2 aliphatic heterocycles.